The van der Waals surface area contributed by atoms with Crippen LogP contribution in [0.3, 0.4) is 0 Å². The topological polar surface area (TPSA) is 75.3 Å². The summed E-state index contributed by atoms with van der Waals surface area (Å²) in [4.78, 5) is 13.7. The Morgan fingerprint density at radius 2 is 1.63 bits per heavy atom. The number of rotatable bonds is 8. The van der Waals surface area contributed by atoms with Crippen LogP contribution in [0.1, 0.15) is 10.4 Å². The van der Waals surface area contributed by atoms with E-state index < -0.39 is 10.0 Å². The number of carbonyl (C=O) groups is 1. The fourth-order valence-electron chi connectivity index (χ4n) is 2.54. The molecule has 5 nitrogen and oxygen atoms in total. The lowest BCUT2D eigenvalue weighted by Crippen LogP contribution is -2.26. The molecule has 0 spiro atoms. The zero-order valence-corrected chi connectivity index (χ0v) is 18.8. The third kappa shape index (κ3) is 6.15. The Morgan fingerprint density at radius 3 is 2.33 bits per heavy atom. The lowest BCUT2D eigenvalue weighted by molar-refractivity contribution is 0.0956. The second-order valence-corrected chi connectivity index (χ2v) is 9.87. The van der Waals surface area contributed by atoms with Crippen molar-refractivity contribution < 1.29 is 13.2 Å². The van der Waals surface area contributed by atoms with E-state index in [4.69, 9.17) is 23.2 Å². The molecule has 0 saturated carbocycles. The SMILES string of the molecule is O=C(NCCSc1ccc(Cl)cc1)c1cc(NS(=O)(=O)c2ccccc2)ccc1Cl. The molecule has 156 valence electrons. The van der Waals surface area contributed by atoms with E-state index in [9.17, 15) is 13.2 Å². The van der Waals surface area contributed by atoms with Gasteiger partial charge in [-0.3, -0.25) is 9.52 Å². The molecule has 0 radical (unpaired) electrons. The van der Waals surface area contributed by atoms with Gasteiger partial charge in [0.2, 0.25) is 0 Å². The molecule has 0 fully saturated rings. The van der Waals surface area contributed by atoms with Gasteiger partial charge in [-0.05, 0) is 54.6 Å². The van der Waals surface area contributed by atoms with Gasteiger partial charge in [0.15, 0.2) is 0 Å². The Morgan fingerprint density at radius 1 is 0.933 bits per heavy atom. The van der Waals surface area contributed by atoms with Crippen molar-refractivity contribution in [3.05, 3.63) is 88.4 Å². The molecule has 3 rings (SSSR count). The Hall–Kier alpha value is -2.19. The minimum atomic E-state index is -3.76. The van der Waals surface area contributed by atoms with Crippen LogP contribution in [-0.2, 0) is 10.0 Å². The van der Waals surface area contributed by atoms with Crippen LogP contribution < -0.4 is 10.0 Å². The van der Waals surface area contributed by atoms with Crippen molar-refractivity contribution in [3.8, 4) is 0 Å². The fraction of sp³-hybridized carbons (Fsp3) is 0.0952. The first kappa shape index (κ1) is 22.5. The van der Waals surface area contributed by atoms with E-state index in [1.165, 1.54) is 30.3 Å². The maximum absolute atomic E-state index is 12.5. The second-order valence-electron chi connectivity index (χ2n) is 6.17. The van der Waals surface area contributed by atoms with Gasteiger partial charge < -0.3 is 5.32 Å². The van der Waals surface area contributed by atoms with Crippen LogP contribution in [0.15, 0.2) is 82.6 Å². The van der Waals surface area contributed by atoms with Crippen LogP contribution in [0.5, 0.6) is 0 Å². The molecule has 30 heavy (non-hydrogen) atoms. The van der Waals surface area contributed by atoms with Crippen LogP contribution in [0.4, 0.5) is 5.69 Å². The number of anilines is 1. The van der Waals surface area contributed by atoms with Crippen molar-refractivity contribution in [2.75, 3.05) is 17.0 Å². The lowest BCUT2D eigenvalue weighted by Gasteiger charge is -2.11. The molecule has 0 aliphatic rings. The summed E-state index contributed by atoms with van der Waals surface area (Å²) in [6, 6.07) is 19.8. The molecule has 1 amide bonds. The smallest absolute Gasteiger partial charge is 0.261 e. The number of hydrogen-bond acceptors (Lipinski definition) is 4. The summed E-state index contributed by atoms with van der Waals surface area (Å²) in [5, 5.41) is 3.70. The van der Waals surface area contributed by atoms with Gasteiger partial charge in [-0.15, -0.1) is 11.8 Å². The molecule has 0 heterocycles. The highest BCUT2D eigenvalue weighted by Crippen LogP contribution is 2.23. The molecule has 3 aromatic rings. The van der Waals surface area contributed by atoms with Gasteiger partial charge in [-0.25, -0.2) is 8.42 Å². The minimum absolute atomic E-state index is 0.130. The summed E-state index contributed by atoms with van der Waals surface area (Å²) < 4.78 is 27.4. The van der Waals surface area contributed by atoms with E-state index in [0.29, 0.717) is 17.3 Å². The maximum atomic E-state index is 12.5. The highest BCUT2D eigenvalue weighted by Gasteiger charge is 2.16. The third-order valence-electron chi connectivity index (χ3n) is 3.99. The van der Waals surface area contributed by atoms with Crippen molar-refractivity contribution >= 4 is 56.6 Å². The van der Waals surface area contributed by atoms with Crippen LogP contribution in [0, 0.1) is 0 Å². The Balaban J connectivity index is 1.61. The van der Waals surface area contributed by atoms with Crippen LogP contribution in [-0.4, -0.2) is 26.6 Å². The molecule has 0 atom stereocenters. The van der Waals surface area contributed by atoms with Gasteiger partial charge in [0.25, 0.3) is 15.9 Å². The molecule has 0 bridgehead atoms. The highest BCUT2D eigenvalue weighted by molar-refractivity contribution is 7.99. The predicted octanol–water partition coefficient (Wildman–Crippen LogP) is 5.32. The number of sulfonamides is 1. The zero-order chi connectivity index (χ0) is 21.6. The normalized spacial score (nSPS) is 11.1. The van der Waals surface area contributed by atoms with E-state index in [0.717, 1.165) is 4.90 Å². The molecule has 0 aliphatic carbocycles. The first-order valence-corrected chi connectivity index (χ1v) is 12.1. The predicted molar refractivity (Wildman–Crippen MR) is 123 cm³/mol. The van der Waals surface area contributed by atoms with Gasteiger partial charge in [0, 0.05) is 27.9 Å². The molecular formula is C21H18Cl2N2O3S2. The molecule has 0 saturated heterocycles. The number of nitrogens with one attached hydrogen (secondary N) is 2. The highest BCUT2D eigenvalue weighted by atomic mass is 35.5. The Bertz CT molecular complexity index is 1120. The molecular weight excluding hydrogens is 463 g/mol. The van der Waals surface area contributed by atoms with Crippen molar-refractivity contribution in [1.29, 1.82) is 0 Å². The van der Waals surface area contributed by atoms with Gasteiger partial charge >= 0.3 is 0 Å². The fourth-order valence-corrected chi connectivity index (χ4v) is 4.70. The van der Waals surface area contributed by atoms with E-state index in [2.05, 4.69) is 10.0 Å². The summed E-state index contributed by atoms with van der Waals surface area (Å²) >= 11 is 13.6. The van der Waals surface area contributed by atoms with Crippen LogP contribution in [0.2, 0.25) is 10.0 Å². The number of halogens is 2. The van der Waals surface area contributed by atoms with Crippen LogP contribution >= 0.6 is 35.0 Å². The molecule has 9 heteroatoms. The number of amides is 1. The quantitative estimate of drug-likeness (QED) is 0.338. The zero-order valence-electron chi connectivity index (χ0n) is 15.6. The van der Waals surface area contributed by atoms with E-state index in [-0.39, 0.29) is 27.1 Å². The number of benzene rings is 3. The van der Waals surface area contributed by atoms with Gasteiger partial charge in [0.05, 0.1) is 15.5 Å². The van der Waals surface area contributed by atoms with E-state index in [1.54, 1.807) is 30.0 Å². The Labute approximate surface area is 189 Å². The maximum Gasteiger partial charge on any atom is 0.261 e. The minimum Gasteiger partial charge on any atom is -0.351 e. The van der Waals surface area contributed by atoms with Gasteiger partial charge in [0.1, 0.15) is 0 Å². The third-order valence-corrected chi connectivity index (χ3v) is 6.98. The molecule has 3 aromatic carbocycles. The van der Waals surface area contributed by atoms with Crippen LogP contribution in [0.25, 0.3) is 0 Å². The average molecular weight is 481 g/mol. The largest absolute Gasteiger partial charge is 0.351 e. The van der Waals surface area contributed by atoms with Crippen molar-refractivity contribution in [3.63, 3.8) is 0 Å². The number of carbonyl (C=O) groups excluding carboxylic acids is 1. The van der Waals surface area contributed by atoms with E-state index in [1.807, 2.05) is 24.3 Å². The molecule has 2 N–H and O–H groups in total. The van der Waals surface area contributed by atoms with Crippen molar-refractivity contribution in [1.82, 2.24) is 5.32 Å². The van der Waals surface area contributed by atoms with Gasteiger partial charge in [-0.2, -0.15) is 0 Å². The monoisotopic (exact) mass is 480 g/mol. The summed E-state index contributed by atoms with van der Waals surface area (Å²) in [6.07, 6.45) is 0. The average Bonchev–Trinajstić information content (AvgIpc) is 2.74. The summed E-state index contributed by atoms with van der Waals surface area (Å²) in [5.74, 6) is 0.281. The number of thioether (sulfide) groups is 1. The second kappa shape index (κ2) is 10.2. The lowest BCUT2D eigenvalue weighted by atomic mass is 10.2. The summed E-state index contributed by atoms with van der Waals surface area (Å²) in [7, 11) is -3.76. The van der Waals surface area contributed by atoms with Gasteiger partial charge in [-0.1, -0.05) is 41.4 Å². The first-order chi connectivity index (χ1) is 14.3. The molecule has 0 unspecified atom stereocenters. The van der Waals surface area contributed by atoms with Crippen molar-refractivity contribution in [2.45, 2.75) is 9.79 Å². The standard InChI is InChI=1S/C21H18Cl2N2O3S2/c22-15-6-9-17(10-7-15)29-13-12-24-21(26)19-14-16(8-11-20(19)23)25-30(27,28)18-4-2-1-3-5-18/h1-11,14,25H,12-13H2,(H,24,26). The first-order valence-electron chi connectivity index (χ1n) is 8.89. The Kier molecular flexibility index (Phi) is 7.66. The molecule has 0 aromatic heterocycles. The summed E-state index contributed by atoms with van der Waals surface area (Å²) in [5.41, 5.74) is 0.449. The molecule has 0 aliphatic heterocycles. The summed E-state index contributed by atoms with van der Waals surface area (Å²) in [6.45, 7) is 0.419. The number of hydrogen-bond donors (Lipinski definition) is 2. The van der Waals surface area contributed by atoms with Crippen molar-refractivity contribution in [2.24, 2.45) is 0 Å². The van der Waals surface area contributed by atoms with E-state index >= 15 is 0 Å².